The van der Waals surface area contributed by atoms with Gasteiger partial charge in [0.1, 0.15) is 12.4 Å². The number of oxime groups is 1. The normalized spacial score (nSPS) is 12.5. The number of aryl methyl sites for hydroxylation is 2. The summed E-state index contributed by atoms with van der Waals surface area (Å²) in [5.41, 5.74) is 6.27. The van der Waals surface area contributed by atoms with E-state index in [0.29, 0.717) is 17.3 Å². The smallest absolute Gasteiger partial charge is 0.165 e. The van der Waals surface area contributed by atoms with Crippen LogP contribution in [0, 0.1) is 27.3 Å². The first kappa shape index (κ1) is 24.8. The number of hydrogen-bond donors (Lipinski definition) is 1. The van der Waals surface area contributed by atoms with Gasteiger partial charge in [-0.25, -0.2) is 0 Å². The Bertz CT molecular complexity index is 1060. The Morgan fingerprint density at radius 3 is 2.48 bits per heavy atom. The van der Waals surface area contributed by atoms with E-state index < -0.39 is 6.10 Å². The highest BCUT2D eigenvalue weighted by molar-refractivity contribution is 6.30. The molecule has 3 rings (SSSR count). The number of nitrogens with zero attached hydrogens (tertiary/aromatic N) is 1. The maximum absolute atomic E-state index is 6.33. The maximum Gasteiger partial charge on any atom is 0.165 e. The first-order valence-electron chi connectivity index (χ1n) is 11.0. The lowest BCUT2D eigenvalue weighted by Gasteiger charge is -2.20. The second kappa shape index (κ2) is 12.4. The van der Waals surface area contributed by atoms with Crippen molar-refractivity contribution in [1.29, 1.82) is 0 Å². The van der Waals surface area contributed by atoms with Gasteiger partial charge in [-0.15, -0.1) is 0 Å². The zero-order valence-corrected chi connectivity index (χ0v) is 20.2. The Labute approximate surface area is 202 Å². The first-order chi connectivity index (χ1) is 16.0. The van der Waals surface area contributed by atoms with Crippen LogP contribution in [0.1, 0.15) is 47.3 Å². The standard InChI is InChI=1S/C28H31ClN2O2/c1-5-15-30-18-23-10-12-24(13-11-23)19-32-31-22(4)28(25-7-6-8-26(29)17-25)33-27-14-9-20(2)21(3)16-27/h6-17,28,30H,1,5,18-19H2,2-4H3/b31-22+. The molecule has 3 aromatic rings. The van der Waals surface area contributed by atoms with Crippen molar-refractivity contribution in [2.45, 2.75) is 46.4 Å². The summed E-state index contributed by atoms with van der Waals surface area (Å²) in [6.07, 6.45) is 0.343. The van der Waals surface area contributed by atoms with E-state index >= 15 is 0 Å². The highest BCUT2D eigenvalue weighted by Crippen LogP contribution is 2.27. The second-order valence-electron chi connectivity index (χ2n) is 8.00. The summed E-state index contributed by atoms with van der Waals surface area (Å²) in [6, 6.07) is 21.9. The number of halogens is 1. The Kier molecular flexibility index (Phi) is 9.35. The monoisotopic (exact) mass is 462 g/mol. The SMILES string of the molecule is [CH2]C[CH]NCc1ccc(CO/N=C(\C)C(Oc2ccc(C)c(C)c2)c2cccc(Cl)c2)cc1. The summed E-state index contributed by atoms with van der Waals surface area (Å²) in [5, 5.41) is 8.24. The molecule has 0 fully saturated rings. The molecule has 3 aromatic carbocycles. The van der Waals surface area contributed by atoms with E-state index in [2.05, 4.69) is 49.4 Å². The van der Waals surface area contributed by atoms with Gasteiger partial charge >= 0.3 is 0 Å². The molecule has 0 aliphatic heterocycles. The van der Waals surface area contributed by atoms with Gasteiger partial charge in [0.15, 0.2) is 6.10 Å². The lowest BCUT2D eigenvalue weighted by atomic mass is 10.1. The number of benzene rings is 3. The summed E-state index contributed by atoms with van der Waals surface area (Å²) in [5.74, 6) is 0.776. The molecule has 1 unspecified atom stereocenters. The predicted molar refractivity (Wildman–Crippen MR) is 136 cm³/mol. The van der Waals surface area contributed by atoms with Crippen LogP contribution in [-0.2, 0) is 18.0 Å². The van der Waals surface area contributed by atoms with Crippen molar-refractivity contribution >= 4 is 17.3 Å². The molecule has 0 aromatic heterocycles. The van der Waals surface area contributed by atoms with Crippen LogP contribution in [-0.4, -0.2) is 5.71 Å². The summed E-state index contributed by atoms with van der Waals surface area (Å²) < 4.78 is 6.33. The van der Waals surface area contributed by atoms with E-state index in [1.807, 2.05) is 62.0 Å². The molecule has 0 saturated carbocycles. The molecule has 0 aliphatic carbocycles. The summed E-state index contributed by atoms with van der Waals surface area (Å²) in [6.45, 7) is 12.9. The lowest BCUT2D eigenvalue weighted by Crippen LogP contribution is -2.17. The highest BCUT2D eigenvalue weighted by Gasteiger charge is 2.19. The van der Waals surface area contributed by atoms with Gasteiger partial charge in [0.05, 0.1) is 5.71 Å². The summed E-state index contributed by atoms with van der Waals surface area (Å²) in [4.78, 5) is 5.68. The zero-order valence-electron chi connectivity index (χ0n) is 19.5. The van der Waals surface area contributed by atoms with Crippen LogP contribution in [0.4, 0.5) is 0 Å². The molecule has 0 aliphatic rings. The molecule has 33 heavy (non-hydrogen) atoms. The Morgan fingerprint density at radius 1 is 1.03 bits per heavy atom. The molecule has 1 N–H and O–H groups in total. The van der Waals surface area contributed by atoms with Crippen molar-refractivity contribution in [1.82, 2.24) is 5.32 Å². The minimum Gasteiger partial charge on any atom is -0.480 e. The molecule has 0 spiro atoms. The Hall–Kier alpha value is -2.82. The van der Waals surface area contributed by atoms with Gasteiger partial charge in [0.2, 0.25) is 0 Å². The molecule has 172 valence electrons. The van der Waals surface area contributed by atoms with Gasteiger partial charge in [-0.1, -0.05) is 66.1 Å². The van der Waals surface area contributed by atoms with E-state index in [9.17, 15) is 0 Å². The Balaban J connectivity index is 1.69. The van der Waals surface area contributed by atoms with Gasteiger partial charge < -0.3 is 14.9 Å². The van der Waals surface area contributed by atoms with Crippen molar-refractivity contribution in [2.75, 3.05) is 0 Å². The van der Waals surface area contributed by atoms with E-state index in [-0.39, 0.29) is 0 Å². The molecule has 5 heteroatoms. The highest BCUT2D eigenvalue weighted by atomic mass is 35.5. The van der Waals surface area contributed by atoms with Gasteiger partial charge in [0.25, 0.3) is 0 Å². The van der Waals surface area contributed by atoms with Gasteiger partial charge in [-0.3, -0.25) is 0 Å². The van der Waals surface area contributed by atoms with Crippen LogP contribution in [0.2, 0.25) is 5.02 Å². The maximum atomic E-state index is 6.33. The van der Waals surface area contributed by atoms with Crippen molar-refractivity contribution in [3.8, 4) is 5.75 Å². The Morgan fingerprint density at radius 2 is 1.79 bits per heavy atom. The molecule has 0 heterocycles. The van der Waals surface area contributed by atoms with Crippen LogP contribution < -0.4 is 10.1 Å². The minimum absolute atomic E-state index is 0.377. The molecule has 1 atom stereocenters. The van der Waals surface area contributed by atoms with Crippen molar-refractivity contribution in [3.63, 3.8) is 0 Å². The number of nitrogens with one attached hydrogen (secondary N) is 1. The summed E-state index contributed by atoms with van der Waals surface area (Å²) >= 11 is 6.24. The summed E-state index contributed by atoms with van der Waals surface area (Å²) in [7, 11) is 0. The van der Waals surface area contributed by atoms with Gasteiger partial charge in [-0.2, -0.15) is 0 Å². The third-order valence-electron chi connectivity index (χ3n) is 5.32. The predicted octanol–water partition coefficient (Wildman–Crippen LogP) is 7.15. The fourth-order valence-corrected chi connectivity index (χ4v) is 3.49. The van der Waals surface area contributed by atoms with Gasteiger partial charge in [-0.05, 0) is 79.3 Å². The quantitative estimate of drug-likeness (QED) is 0.187. The number of rotatable bonds is 11. The second-order valence-corrected chi connectivity index (χ2v) is 8.43. The molecule has 0 amide bonds. The largest absolute Gasteiger partial charge is 0.480 e. The van der Waals surface area contributed by atoms with Crippen LogP contribution in [0.3, 0.4) is 0 Å². The topological polar surface area (TPSA) is 42.8 Å². The fourth-order valence-electron chi connectivity index (χ4n) is 3.29. The molecule has 0 bridgehead atoms. The van der Waals surface area contributed by atoms with Crippen LogP contribution in [0.15, 0.2) is 71.9 Å². The number of ether oxygens (including phenoxy) is 1. The average Bonchev–Trinajstić information content (AvgIpc) is 2.81. The van der Waals surface area contributed by atoms with Crippen molar-refractivity contribution in [2.24, 2.45) is 5.16 Å². The molecular formula is C28H31ClN2O2. The third kappa shape index (κ3) is 7.62. The average molecular weight is 463 g/mol. The van der Waals surface area contributed by atoms with E-state index in [1.54, 1.807) is 0 Å². The lowest BCUT2D eigenvalue weighted by molar-refractivity contribution is 0.125. The van der Waals surface area contributed by atoms with Gasteiger partial charge in [0, 0.05) is 18.1 Å². The van der Waals surface area contributed by atoms with Crippen molar-refractivity contribution < 1.29 is 9.57 Å². The number of hydrogen-bond acceptors (Lipinski definition) is 4. The zero-order chi connectivity index (χ0) is 23.6. The molecule has 4 nitrogen and oxygen atoms in total. The van der Waals surface area contributed by atoms with Crippen LogP contribution in [0.25, 0.3) is 0 Å². The van der Waals surface area contributed by atoms with Crippen molar-refractivity contribution in [3.05, 3.63) is 113 Å². The van der Waals surface area contributed by atoms with E-state index in [0.717, 1.165) is 29.8 Å². The first-order valence-corrected chi connectivity index (χ1v) is 11.4. The van der Waals surface area contributed by atoms with E-state index in [1.165, 1.54) is 16.7 Å². The van der Waals surface area contributed by atoms with E-state index in [4.69, 9.17) is 21.2 Å². The van der Waals surface area contributed by atoms with Crippen LogP contribution >= 0.6 is 11.6 Å². The molecule has 2 radical (unpaired) electrons. The fraction of sp³-hybridized carbons (Fsp3) is 0.250. The third-order valence-corrected chi connectivity index (χ3v) is 5.56. The van der Waals surface area contributed by atoms with Crippen LogP contribution in [0.5, 0.6) is 5.75 Å². The minimum atomic E-state index is -0.413. The molecular weight excluding hydrogens is 432 g/mol. The molecule has 0 saturated heterocycles.